The van der Waals surface area contributed by atoms with Gasteiger partial charge in [0.2, 0.25) is 0 Å². The summed E-state index contributed by atoms with van der Waals surface area (Å²) in [4.78, 5) is 70.2. The van der Waals surface area contributed by atoms with Crippen molar-refractivity contribution in [1.29, 1.82) is 0 Å². The number of ketones is 2. The largest absolute Gasteiger partial charge is 0.425 e. The Bertz CT molecular complexity index is 1700. The van der Waals surface area contributed by atoms with Crippen LogP contribution in [0.4, 0.5) is 0 Å². The van der Waals surface area contributed by atoms with Gasteiger partial charge in [-0.25, -0.2) is 4.79 Å². The highest BCUT2D eigenvalue weighted by atomic mass is 16.5. The minimum absolute atomic E-state index is 0.00857. The van der Waals surface area contributed by atoms with Crippen molar-refractivity contribution >= 4 is 35.1 Å². The fourth-order valence-corrected chi connectivity index (χ4v) is 6.23. The summed E-state index contributed by atoms with van der Waals surface area (Å²) in [6, 6.07) is 20.5. The van der Waals surface area contributed by atoms with Gasteiger partial charge >= 0.3 is 5.97 Å². The topological polar surface area (TPSA) is 110 Å². The van der Waals surface area contributed by atoms with E-state index in [0.717, 1.165) is 28.1 Å². The van der Waals surface area contributed by atoms with Crippen LogP contribution in [-0.4, -0.2) is 46.5 Å². The number of carbonyl (C=O) groups excluding carboxylic acids is 5. The molecule has 1 unspecified atom stereocenters. The number of hydrogen-bond donors (Lipinski definition) is 0. The normalized spacial score (nSPS) is 21.1. The van der Waals surface area contributed by atoms with Gasteiger partial charge in [-0.15, -0.1) is 0 Å². The SMILES string of the molecule is O=C(CN1C(=O)c2ccccc2C1=O)Oc1ccc([C@H]2C3=C(CCCC3=O)N=C3c4ccccc4C(=O)C32)cc1. The van der Waals surface area contributed by atoms with Crippen molar-refractivity contribution in [3.8, 4) is 5.75 Å². The number of aliphatic imine (C=N–C) groups is 1. The summed E-state index contributed by atoms with van der Waals surface area (Å²) in [5.74, 6) is -2.74. The highest BCUT2D eigenvalue weighted by molar-refractivity contribution is 6.30. The maximum Gasteiger partial charge on any atom is 0.331 e. The van der Waals surface area contributed by atoms with E-state index in [4.69, 9.17) is 9.73 Å². The third-order valence-electron chi connectivity index (χ3n) is 8.01. The predicted molar refractivity (Wildman–Crippen MR) is 143 cm³/mol. The number of imide groups is 1. The average molecular weight is 531 g/mol. The lowest BCUT2D eigenvalue weighted by Gasteiger charge is -2.33. The van der Waals surface area contributed by atoms with Crippen LogP contribution >= 0.6 is 0 Å². The molecule has 196 valence electrons. The molecule has 2 atom stereocenters. The van der Waals surface area contributed by atoms with Gasteiger partial charge in [-0.1, -0.05) is 48.5 Å². The van der Waals surface area contributed by atoms with E-state index in [0.29, 0.717) is 29.7 Å². The number of hydrogen-bond acceptors (Lipinski definition) is 7. The molecule has 3 aromatic rings. The molecule has 2 aliphatic carbocycles. The zero-order chi connectivity index (χ0) is 27.5. The molecule has 0 spiro atoms. The van der Waals surface area contributed by atoms with Crippen molar-refractivity contribution in [2.45, 2.75) is 25.2 Å². The Labute approximate surface area is 229 Å². The number of Topliss-reactive ketones (excluding diaryl/α,β-unsaturated/α-hetero) is 2. The van der Waals surface area contributed by atoms with Crippen LogP contribution in [0.5, 0.6) is 5.75 Å². The van der Waals surface area contributed by atoms with E-state index in [1.807, 2.05) is 18.2 Å². The maximum atomic E-state index is 13.6. The number of carbonyl (C=O) groups is 5. The Kier molecular flexibility index (Phi) is 5.45. The zero-order valence-electron chi connectivity index (χ0n) is 21.3. The van der Waals surface area contributed by atoms with Gasteiger partial charge in [0.05, 0.1) is 22.8 Å². The standard InChI is InChI=1S/C32H22N2O6/c35-24-11-5-10-23-27(24)26(28-29(33-23)19-6-1-2-7-20(19)30(28)37)17-12-14-18(15-13-17)40-25(36)16-34-31(38)21-8-3-4-9-22(21)32(34)39/h1-4,6-9,12-15,26,28H,5,10-11,16H2/t26-,28?/m0/s1. The van der Waals surface area contributed by atoms with Crippen molar-refractivity contribution in [1.82, 2.24) is 4.90 Å². The molecule has 8 nitrogen and oxygen atoms in total. The highest BCUT2D eigenvalue weighted by Crippen LogP contribution is 2.48. The van der Waals surface area contributed by atoms with Crippen LogP contribution < -0.4 is 4.74 Å². The summed E-state index contributed by atoms with van der Waals surface area (Å²) < 4.78 is 5.45. The van der Waals surface area contributed by atoms with E-state index in [1.54, 1.807) is 54.6 Å². The lowest BCUT2D eigenvalue weighted by Crippen LogP contribution is -2.36. The molecule has 7 rings (SSSR count). The van der Waals surface area contributed by atoms with Gasteiger partial charge in [-0.3, -0.25) is 29.1 Å². The van der Waals surface area contributed by atoms with Crippen molar-refractivity contribution in [3.63, 3.8) is 0 Å². The quantitative estimate of drug-likeness (QED) is 0.283. The molecule has 40 heavy (non-hydrogen) atoms. The Morgan fingerprint density at radius 2 is 1.40 bits per heavy atom. The van der Waals surface area contributed by atoms with Crippen LogP contribution in [0.2, 0.25) is 0 Å². The predicted octanol–water partition coefficient (Wildman–Crippen LogP) is 4.29. The summed E-state index contributed by atoms with van der Waals surface area (Å²) in [7, 11) is 0. The molecule has 4 aliphatic rings. The summed E-state index contributed by atoms with van der Waals surface area (Å²) in [5, 5.41) is 0. The maximum absolute atomic E-state index is 13.6. The molecule has 0 aromatic heterocycles. The summed E-state index contributed by atoms with van der Waals surface area (Å²) in [6.07, 6.45) is 1.82. The summed E-state index contributed by atoms with van der Waals surface area (Å²) in [5.41, 5.74) is 4.74. The number of esters is 1. The van der Waals surface area contributed by atoms with Gasteiger partial charge in [0, 0.05) is 34.7 Å². The molecule has 2 heterocycles. The smallest absolute Gasteiger partial charge is 0.331 e. The summed E-state index contributed by atoms with van der Waals surface area (Å²) in [6.45, 7) is -0.518. The molecule has 2 aliphatic heterocycles. The van der Waals surface area contributed by atoms with Crippen LogP contribution in [0, 0.1) is 5.92 Å². The Morgan fingerprint density at radius 1 is 0.775 bits per heavy atom. The number of benzene rings is 3. The molecule has 0 saturated heterocycles. The van der Waals surface area contributed by atoms with E-state index >= 15 is 0 Å². The molecule has 0 saturated carbocycles. The fourth-order valence-electron chi connectivity index (χ4n) is 6.23. The minimum atomic E-state index is -0.761. The first-order chi connectivity index (χ1) is 19.4. The number of allylic oxidation sites excluding steroid dienone is 2. The van der Waals surface area contributed by atoms with Crippen molar-refractivity contribution in [3.05, 3.63) is 112 Å². The minimum Gasteiger partial charge on any atom is -0.425 e. The molecule has 0 radical (unpaired) electrons. The first-order valence-electron chi connectivity index (χ1n) is 13.2. The molecule has 0 bridgehead atoms. The van der Waals surface area contributed by atoms with Crippen molar-refractivity contribution in [2.75, 3.05) is 6.54 Å². The van der Waals surface area contributed by atoms with E-state index < -0.39 is 36.2 Å². The van der Waals surface area contributed by atoms with Crippen LogP contribution in [0.15, 0.2) is 89.1 Å². The zero-order valence-corrected chi connectivity index (χ0v) is 21.3. The number of nitrogens with zero attached hydrogens (tertiary/aromatic N) is 2. The van der Waals surface area contributed by atoms with Gasteiger partial charge in [0.25, 0.3) is 11.8 Å². The molecule has 0 N–H and O–H groups in total. The lowest BCUT2D eigenvalue weighted by molar-refractivity contribution is -0.134. The van der Waals surface area contributed by atoms with Crippen LogP contribution in [0.1, 0.15) is 67.4 Å². The third kappa shape index (κ3) is 3.60. The molecule has 0 fully saturated rings. The Morgan fingerprint density at radius 3 is 2.08 bits per heavy atom. The second kappa shape index (κ2) is 9.05. The average Bonchev–Trinajstić information content (AvgIpc) is 3.39. The van der Waals surface area contributed by atoms with Crippen molar-refractivity contribution in [2.24, 2.45) is 10.9 Å². The van der Waals surface area contributed by atoms with Gasteiger partial charge in [0.15, 0.2) is 11.6 Å². The molecule has 3 aromatic carbocycles. The van der Waals surface area contributed by atoms with E-state index in [2.05, 4.69) is 0 Å². The van der Waals surface area contributed by atoms with Gasteiger partial charge < -0.3 is 4.74 Å². The number of rotatable bonds is 4. The van der Waals surface area contributed by atoms with Gasteiger partial charge in [0.1, 0.15) is 12.3 Å². The van der Waals surface area contributed by atoms with Crippen LogP contribution in [-0.2, 0) is 9.59 Å². The van der Waals surface area contributed by atoms with Gasteiger partial charge in [-0.2, -0.15) is 0 Å². The number of amides is 2. The molecular weight excluding hydrogens is 508 g/mol. The second-order valence-electron chi connectivity index (χ2n) is 10.3. The lowest BCUT2D eigenvalue weighted by atomic mass is 9.71. The van der Waals surface area contributed by atoms with Crippen LogP contribution in [0.25, 0.3) is 0 Å². The monoisotopic (exact) mass is 530 g/mol. The molecule has 2 amide bonds. The number of ether oxygens (including phenoxy) is 1. The van der Waals surface area contributed by atoms with Gasteiger partial charge in [-0.05, 0) is 42.7 Å². The third-order valence-corrected chi connectivity index (χ3v) is 8.01. The fraction of sp³-hybridized carbons (Fsp3) is 0.188. The first kappa shape index (κ1) is 24.1. The van der Waals surface area contributed by atoms with Crippen molar-refractivity contribution < 1.29 is 28.7 Å². The first-order valence-corrected chi connectivity index (χ1v) is 13.2. The van der Waals surface area contributed by atoms with E-state index in [9.17, 15) is 24.0 Å². The van der Waals surface area contributed by atoms with E-state index in [1.165, 1.54) is 0 Å². The van der Waals surface area contributed by atoms with Crippen LogP contribution in [0.3, 0.4) is 0 Å². The number of fused-ring (bicyclic) bond motifs is 4. The molecular formula is C32H22N2O6. The second-order valence-corrected chi connectivity index (χ2v) is 10.3. The Hall–Kier alpha value is -4.98. The van der Waals surface area contributed by atoms with E-state index in [-0.39, 0.29) is 28.4 Å². The molecule has 8 heteroatoms. The Balaban J connectivity index is 1.15. The highest BCUT2D eigenvalue weighted by Gasteiger charge is 2.48. The summed E-state index contributed by atoms with van der Waals surface area (Å²) >= 11 is 0.